The number of piperidine rings is 1. The van der Waals surface area contributed by atoms with Crippen molar-refractivity contribution in [3.63, 3.8) is 0 Å². The highest BCUT2D eigenvalue weighted by Crippen LogP contribution is 2.26. The Kier molecular flexibility index (Phi) is 5.68. The monoisotopic (exact) mass is 296 g/mol. The van der Waals surface area contributed by atoms with E-state index in [1.807, 2.05) is 24.3 Å². The summed E-state index contributed by atoms with van der Waals surface area (Å²) in [7, 11) is 1.67. The Balaban J connectivity index is 1.84. The predicted octanol–water partition coefficient (Wildman–Crippen LogP) is 2.32. The predicted molar refractivity (Wildman–Crippen MR) is 80.2 cm³/mol. The maximum atomic E-state index is 11.3. The molecule has 0 saturated carbocycles. The SMILES string of the molecule is CNC(=O)CCN1CCC[C@@H](Oc2ccccc2Cl)C1. The molecule has 0 bridgehead atoms. The molecule has 0 unspecified atom stereocenters. The first-order valence-corrected chi connectivity index (χ1v) is 7.41. The molecule has 20 heavy (non-hydrogen) atoms. The van der Waals surface area contributed by atoms with Crippen molar-refractivity contribution in [1.82, 2.24) is 10.2 Å². The molecule has 0 aromatic heterocycles. The number of carbonyl (C=O) groups is 1. The first-order valence-electron chi connectivity index (χ1n) is 7.03. The zero-order valence-electron chi connectivity index (χ0n) is 11.8. The topological polar surface area (TPSA) is 41.6 Å². The lowest BCUT2D eigenvalue weighted by atomic mass is 10.1. The second-order valence-corrected chi connectivity index (χ2v) is 5.44. The molecule has 1 saturated heterocycles. The summed E-state index contributed by atoms with van der Waals surface area (Å²) in [5.41, 5.74) is 0. The molecule has 5 heteroatoms. The molecule has 1 amide bonds. The van der Waals surface area contributed by atoms with Crippen molar-refractivity contribution in [3.05, 3.63) is 29.3 Å². The number of nitrogens with zero attached hydrogens (tertiary/aromatic N) is 1. The van der Waals surface area contributed by atoms with Crippen LogP contribution in [0.3, 0.4) is 0 Å². The summed E-state index contributed by atoms with van der Waals surface area (Å²) in [6.07, 6.45) is 2.80. The van der Waals surface area contributed by atoms with Crippen LogP contribution in [0.2, 0.25) is 5.02 Å². The fourth-order valence-electron chi connectivity index (χ4n) is 2.42. The molecule has 0 aliphatic carbocycles. The summed E-state index contributed by atoms with van der Waals surface area (Å²) in [6.45, 7) is 2.66. The Morgan fingerprint density at radius 3 is 3.05 bits per heavy atom. The molecule has 2 rings (SSSR count). The van der Waals surface area contributed by atoms with Gasteiger partial charge in [0, 0.05) is 26.6 Å². The van der Waals surface area contributed by atoms with Gasteiger partial charge in [0.25, 0.3) is 0 Å². The van der Waals surface area contributed by atoms with E-state index in [1.54, 1.807) is 7.05 Å². The normalized spacial score (nSPS) is 19.6. The number of halogens is 1. The van der Waals surface area contributed by atoms with Gasteiger partial charge in [-0.1, -0.05) is 23.7 Å². The third-order valence-corrected chi connectivity index (χ3v) is 3.84. The summed E-state index contributed by atoms with van der Waals surface area (Å²) < 4.78 is 5.98. The van der Waals surface area contributed by atoms with Gasteiger partial charge in [-0.15, -0.1) is 0 Å². The van der Waals surface area contributed by atoms with E-state index < -0.39 is 0 Å². The zero-order chi connectivity index (χ0) is 14.4. The van der Waals surface area contributed by atoms with E-state index in [0.29, 0.717) is 11.4 Å². The van der Waals surface area contributed by atoms with Crippen molar-refractivity contribution in [1.29, 1.82) is 0 Å². The Morgan fingerprint density at radius 1 is 1.50 bits per heavy atom. The third-order valence-electron chi connectivity index (χ3n) is 3.53. The molecular formula is C15H21ClN2O2. The van der Waals surface area contributed by atoms with Gasteiger partial charge in [-0.3, -0.25) is 9.69 Å². The molecule has 1 aliphatic rings. The van der Waals surface area contributed by atoms with Gasteiger partial charge in [-0.05, 0) is 31.5 Å². The quantitative estimate of drug-likeness (QED) is 0.907. The summed E-state index contributed by atoms with van der Waals surface area (Å²) in [4.78, 5) is 13.6. The second kappa shape index (κ2) is 7.50. The number of amides is 1. The van der Waals surface area contributed by atoms with Crippen LogP contribution in [0.4, 0.5) is 0 Å². The molecule has 0 radical (unpaired) electrons. The van der Waals surface area contributed by atoms with Gasteiger partial charge in [0.05, 0.1) is 5.02 Å². The molecule has 1 aromatic rings. The summed E-state index contributed by atoms with van der Waals surface area (Å²) in [5.74, 6) is 0.825. The number of likely N-dealkylation sites (tertiary alicyclic amines) is 1. The van der Waals surface area contributed by atoms with Crippen LogP contribution < -0.4 is 10.1 Å². The summed E-state index contributed by atoms with van der Waals surface area (Å²) in [5, 5.41) is 3.30. The van der Waals surface area contributed by atoms with Crippen LogP contribution in [0.5, 0.6) is 5.75 Å². The van der Waals surface area contributed by atoms with Gasteiger partial charge in [0.2, 0.25) is 5.91 Å². The Labute approximate surface area is 125 Å². The first kappa shape index (κ1) is 15.1. The number of carbonyl (C=O) groups excluding carboxylic acids is 1. The lowest BCUT2D eigenvalue weighted by molar-refractivity contribution is -0.121. The van der Waals surface area contributed by atoms with Gasteiger partial charge in [-0.25, -0.2) is 0 Å². The second-order valence-electron chi connectivity index (χ2n) is 5.04. The van der Waals surface area contributed by atoms with Gasteiger partial charge in [0.15, 0.2) is 0 Å². The number of para-hydroxylation sites is 1. The molecule has 0 spiro atoms. The maximum Gasteiger partial charge on any atom is 0.221 e. The van der Waals surface area contributed by atoms with Crippen molar-refractivity contribution in [3.8, 4) is 5.75 Å². The smallest absolute Gasteiger partial charge is 0.221 e. The highest BCUT2D eigenvalue weighted by Gasteiger charge is 2.22. The van der Waals surface area contributed by atoms with Crippen molar-refractivity contribution in [2.24, 2.45) is 0 Å². The van der Waals surface area contributed by atoms with Crippen molar-refractivity contribution in [2.45, 2.75) is 25.4 Å². The van der Waals surface area contributed by atoms with Crippen LogP contribution >= 0.6 is 11.6 Å². The van der Waals surface area contributed by atoms with Crippen molar-refractivity contribution in [2.75, 3.05) is 26.7 Å². The van der Waals surface area contributed by atoms with E-state index in [0.717, 1.165) is 38.2 Å². The molecule has 1 atom stereocenters. The Morgan fingerprint density at radius 2 is 2.30 bits per heavy atom. The minimum Gasteiger partial charge on any atom is -0.488 e. The zero-order valence-corrected chi connectivity index (χ0v) is 12.5. The van der Waals surface area contributed by atoms with Gasteiger partial charge < -0.3 is 10.1 Å². The highest BCUT2D eigenvalue weighted by molar-refractivity contribution is 6.32. The Bertz CT molecular complexity index is 453. The van der Waals surface area contributed by atoms with Crippen LogP contribution in [-0.4, -0.2) is 43.6 Å². The molecular weight excluding hydrogens is 276 g/mol. The number of rotatable bonds is 5. The summed E-state index contributed by atoms with van der Waals surface area (Å²) in [6, 6.07) is 7.55. The fraction of sp³-hybridized carbons (Fsp3) is 0.533. The van der Waals surface area contributed by atoms with E-state index >= 15 is 0 Å². The minimum absolute atomic E-state index is 0.0825. The molecule has 1 fully saturated rings. The number of hydrogen-bond acceptors (Lipinski definition) is 3. The van der Waals surface area contributed by atoms with Gasteiger partial charge in [-0.2, -0.15) is 0 Å². The van der Waals surface area contributed by atoms with Gasteiger partial charge >= 0.3 is 0 Å². The van der Waals surface area contributed by atoms with Crippen LogP contribution in [0.25, 0.3) is 0 Å². The molecule has 1 heterocycles. The minimum atomic E-state index is 0.0825. The van der Waals surface area contributed by atoms with E-state index in [9.17, 15) is 4.79 Å². The lowest BCUT2D eigenvalue weighted by Crippen LogP contribution is -2.42. The largest absolute Gasteiger partial charge is 0.488 e. The molecule has 1 aromatic carbocycles. The van der Waals surface area contributed by atoms with Crippen molar-refractivity contribution >= 4 is 17.5 Å². The van der Waals surface area contributed by atoms with Crippen LogP contribution in [0.15, 0.2) is 24.3 Å². The molecule has 110 valence electrons. The van der Waals surface area contributed by atoms with E-state index in [-0.39, 0.29) is 12.0 Å². The van der Waals surface area contributed by atoms with E-state index in [2.05, 4.69) is 10.2 Å². The summed E-state index contributed by atoms with van der Waals surface area (Å²) >= 11 is 6.11. The maximum absolute atomic E-state index is 11.3. The Hall–Kier alpha value is -1.26. The molecule has 4 nitrogen and oxygen atoms in total. The number of ether oxygens (including phenoxy) is 1. The van der Waals surface area contributed by atoms with Gasteiger partial charge in [0.1, 0.15) is 11.9 Å². The van der Waals surface area contributed by atoms with Crippen LogP contribution in [-0.2, 0) is 4.79 Å². The lowest BCUT2D eigenvalue weighted by Gasteiger charge is -2.32. The average molecular weight is 297 g/mol. The first-order chi connectivity index (χ1) is 9.69. The molecule has 1 aliphatic heterocycles. The fourth-order valence-corrected chi connectivity index (χ4v) is 2.60. The average Bonchev–Trinajstić information content (AvgIpc) is 2.47. The number of nitrogens with one attached hydrogen (secondary N) is 1. The van der Waals surface area contributed by atoms with Crippen LogP contribution in [0.1, 0.15) is 19.3 Å². The molecule has 1 N–H and O–H groups in total. The van der Waals surface area contributed by atoms with E-state index in [4.69, 9.17) is 16.3 Å². The number of benzene rings is 1. The highest BCUT2D eigenvalue weighted by atomic mass is 35.5. The number of hydrogen-bond donors (Lipinski definition) is 1. The van der Waals surface area contributed by atoms with Crippen LogP contribution in [0, 0.1) is 0 Å². The standard InChI is InChI=1S/C15H21ClN2O2/c1-17-15(19)8-10-18-9-4-5-12(11-18)20-14-7-3-2-6-13(14)16/h2-3,6-7,12H,4-5,8-11H2,1H3,(H,17,19)/t12-/m1/s1. The van der Waals surface area contributed by atoms with Crippen molar-refractivity contribution < 1.29 is 9.53 Å². The third kappa shape index (κ3) is 4.39. The van der Waals surface area contributed by atoms with E-state index in [1.165, 1.54) is 0 Å².